The molecule has 96 valence electrons. The third kappa shape index (κ3) is 4.36. The van der Waals surface area contributed by atoms with E-state index in [9.17, 15) is 10.2 Å². The van der Waals surface area contributed by atoms with Gasteiger partial charge in [0, 0.05) is 0 Å². The van der Waals surface area contributed by atoms with Crippen LogP contribution in [0.5, 0.6) is 5.75 Å². The van der Waals surface area contributed by atoms with E-state index in [0.717, 1.165) is 11.3 Å². The van der Waals surface area contributed by atoms with Crippen LogP contribution in [0.25, 0.3) is 0 Å². The van der Waals surface area contributed by atoms with Crippen LogP contribution in [-0.4, -0.2) is 22.9 Å². The van der Waals surface area contributed by atoms with Gasteiger partial charge in [-0.05, 0) is 30.0 Å². The highest BCUT2D eigenvalue weighted by atomic mass is 16.5. The minimum atomic E-state index is -0.448. The lowest BCUT2D eigenvalue weighted by Crippen LogP contribution is -2.23. The van der Waals surface area contributed by atoms with Crippen LogP contribution >= 0.6 is 0 Å². The van der Waals surface area contributed by atoms with Gasteiger partial charge >= 0.3 is 0 Å². The summed E-state index contributed by atoms with van der Waals surface area (Å²) >= 11 is 0. The smallest absolute Gasteiger partial charge is 0.119 e. The van der Waals surface area contributed by atoms with E-state index in [1.165, 1.54) is 0 Å². The van der Waals surface area contributed by atoms with E-state index in [1.807, 2.05) is 45.0 Å². The van der Waals surface area contributed by atoms with Crippen LogP contribution < -0.4 is 4.74 Å². The third-order valence-electron chi connectivity index (χ3n) is 2.84. The number of rotatable bonds is 6. The highest BCUT2D eigenvalue weighted by molar-refractivity contribution is 5.28. The summed E-state index contributed by atoms with van der Waals surface area (Å²) in [5.74, 6) is 0.910. The zero-order valence-electron chi connectivity index (χ0n) is 10.8. The first-order valence-corrected chi connectivity index (χ1v) is 6.13. The lowest BCUT2D eigenvalue weighted by atomic mass is 10.1. The van der Waals surface area contributed by atoms with Crippen molar-refractivity contribution >= 4 is 0 Å². The summed E-state index contributed by atoms with van der Waals surface area (Å²) in [6, 6.07) is 7.35. The Labute approximate surface area is 103 Å². The molecule has 0 bridgehead atoms. The molecule has 2 N–H and O–H groups in total. The molecule has 0 aliphatic heterocycles. The molecule has 1 aromatic carbocycles. The Hall–Kier alpha value is -1.06. The second kappa shape index (κ2) is 6.62. The summed E-state index contributed by atoms with van der Waals surface area (Å²) in [6.07, 6.45) is -0.159. The summed E-state index contributed by atoms with van der Waals surface area (Å²) in [5, 5.41) is 19.2. The third-order valence-corrected chi connectivity index (χ3v) is 2.84. The predicted molar refractivity (Wildman–Crippen MR) is 68.0 cm³/mol. The van der Waals surface area contributed by atoms with Gasteiger partial charge in [-0.15, -0.1) is 0 Å². The number of hydrogen-bond donors (Lipinski definition) is 2. The summed E-state index contributed by atoms with van der Waals surface area (Å²) in [6.45, 7) is 6.14. The van der Waals surface area contributed by atoms with Crippen molar-refractivity contribution in [2.24, 2.45) is 5.92 Å². The maximum atomic E-state index is 9.63. The maximum Gasteiger partial charge on any atom is 0.119 e. The normalized spacial score (nSPS) is 14.7. The van der Waals surface area contributed by atoms with E-state index in [2.05, 4.69) is 0 Å². The minimum Gasteiger partial charge on any atom is -0.491 e. The molecular weight excluding hydrogens is 216 g/mol. The van der Waals surface area contributed by atoms with Gasteiger partial charge < -0.3 is 14.9 Å². The minimum absolute atomic E-state index is 0.191. The van der Waals surface area contributed by atoms with Gasteiger partial charge in [-0.3, -0.25) is 0 Å². The van der Waals surface area contributed by atoms with Crippen LogP contribution in [0.3, 0.4) is 0 Å². The van der Waals surface area contributed by atoms with Gasteiger partial charge in [-0.2, -0.15) is 0 Å². The Kier molecular flexibility index (Phi) is 5.45. The monoisotopic (exact) mass is 238 g/mol. The fourth-order valence-corrected chi connectivity index (χ4v) is 1.40. The number of hydrogen-bond acceptors (Lipinski definition) is 3. The average Bonchev–Trinajstić information content (AvgIpc) is 2.35. The highest BCUT2D eigenvalue weighted by Gasteiger charge is 2.10. The molecule has 0 aliphatic rings. The summed E-state index contributed by atoms with van der Waals surface area (Å²) in [5.41, 5.74) is 0.893. The van der Waals surface area contributed by atoms with Crippen LogP contribution in [0.1, 0.15) is 38.9 Å². The Morgan fingerprint density at radius 2 is 1.71 bits per heavy atom. The molecule has 1 unspecified atom stereocenters. The van der Waals surface area contributed by atoms with Crippen LogP contribution in [0.4, 0.5) is 0 Å². The first-order chi connectivity index (χ1) is 8.04. The van der Waals surface area contributed by atoms with Crippen molar-refractivity contribution in [1.29, 1.82) is 0 Å². The second-order valence-corrected chi connectivity index (χ2v) is 4.62. The highest BCUT2D eigenvalue weighted by Crippen LogP contribution is 2.20. The number of aliphatic hydroxyl groups is 2. The van der Waals surface area contributed by atoms with Crippen molar-refractivity contribution in [2.45, 2.75) is 39.4 Å². The van der Waals surface area contributed by atoms with E-state index in [1.54, 1.807) is 0 Å². The maximum absolute atomic E-state index is 9.63. The van der Waals surface area contributed by atoms with E-state index in [-0.39, 0.29) is 5.92 Å². The van der Waals surface area contributed by atoms with Crippen LogP contribution in [0, 0.1) is 5.92 Å². The lowest BCUT2D eigenvalue weighted by molar-refractivity contribution is 0.0701. The van der Waals surface area contributed by atoms with Crippen molar-refractivity contribution in [3.8, 4) is 5.75 Å². The Balaban J connectivity index is 2.51. The number of ether oxygens (including phenoxy) is 1. The molecule has 0 spiro atoms. The van der Waals surface area contributed by atoms with Gasteiger partial charge in [0.25, 0.3) is 0 Å². The van der Waals surface area contributed by atoms with Gasteiger partial charge in [-0.1, -0.05) is 32.9 Å². The topological polar surface area (TPSA) is 49.7 Å². The number of benzene rings is 1. The average molecular weight is 238 g/mol. The van der Waals surface area contributed by atoms with Crippen molar-refractivity contribution < 1.29 is 14.9 Å². The molecule has 0 aliphatic carbocycles. The Morgan fingerprint density at radius 1 is 1.12 bits per heavy atom. The molecule has 0 aromatic heterocycles. The van der Waals surface area contributed by atoms with E-state index >= 15 is 0 Å². The molecule has 0 fully saturated rings. The van der Waals surface area contributed by atoms with Crippen LogP contribution in [0.2, 0.25) is 0 Å². The van der Waals surface area contributed by atoms with Crippen LogP contribution in [-0.2, 0) is 0 Å². The van der Waals surface area contributed by atoms with E-state index in [4.69, 9.17) is 4.74 Å². The lowest BCUT2D eigenvalue weighted by Gasteiger charge is -2.15. The second-order valence-electron chi connectivity index (χ2n) is 4.62. The van der Waals surface area contributed by atoms with Crippen molar-refractivity contribution in [3.63, 3.8) is 0 Å². The molecule has 3 heteroatoms. The van der Waals surface area contributed by atoms with Crippen molar-refractivity contribution in [3.05, 3.63) is 29.8 Å². The van der Waals surface area contributed by atoms with E-state index < -0.39 is 12.2 Å². The molecule has 17 heavy (non-hydrogen) atoms. The van der Waals surface area contributed by atoms with Gasteiger partial charge in [0.2, 0.25) is 0 Å². The fraction of sp³-hybridized carbons (Fsp3) is 0.571. The van der Waals surface area contributed by atoms with E-state index in [0.29, 0.717) is 13.0 Å². The van der Waals surface area contributed by atoms with Crippen molar-refractivity contribution in [1.82, 2.24) is 0 Å². The molecule has 2 atom stereocenters. The van der Waals surface area contributed by atoms with Gasteiger partial charge in [0.15, 0.2) is 0 Å². The zero-order valence-corrected chi connectivity index (χ0v) is 10.8. The molecule has 1 aromatic rings. The first-order valence-electron chi connectivity index (χ1n) is 6.13. The van der Waals surface area contributed by atoms with Gasteiger partial charge in [0.05, 0.1) is 12.2 Å². The summed E-state index contributed by atoms with van der Waals surface area (Å²) in [4.78, 5) is 0. The number of aliphatic hydroxyl groups excluding tert-OH is 2. The molecule has 0 amide bonds. The predicted octanol–water partition coefficient (Wildman–Crippen LogP) is 2.53. The molecular formula is C14H22O3. The molecule has 1 rings (SSSR count). The quantitative estimate of drug-likeness (QED) is 0.800. The largest absolute Gasteiger partial charge is 0.491 e. The molecule has 0 saturated carbocycles. The SMILES string of the molecule is CC[C@@H](O)c1ccc(OCC(O)C(C)C)cc1. The molecule has 0 heterocycles. The summed E-state index contributed by atoms with van der Waals surface area (Å²) < 4.78 is 5.47. The zero-order chi connectivity index (χ0) is 12.8. The Bertz CT molecular complexity index is 319. The first kappa shape index (κ1) is 14.0. The fourth-order valence-electron chi connectivity index (χ4n) is 1.40. The van der Waals surface area contributed by atoms with Crippen LogP contribution in [0.15, 0.2) is 24.3 Å². The standard InChI is InChI=1S/C14H22O3/c1-4-13(15)11-5-7-12(8-6-11)17-9-14(16)10(2)3/h5-8,10,13-16H,4,9H2,1-3H3/t13-,14?/m1/s1. The molecule has 3 nitrogen and oxygen atoms in total. The van der Waals surface area contributed by atoms with Crippen molar-refractivity contribution in [2.75, 3.05) is 6.61 Å². The van der Waals surface area contributed by atoms with Gasteiger partial charge in [-0.25, -0.2) is 0 Å². The Morgan fingerprint density at radius 3 is 2.18 bits per heavy atom. The molecule has 0 radical (unpaired) electrons. The van der Waals surface area contributed by atoms with Gasteiger partial charge in [0.1, 0.15) is 12.4 Å². The summed E-state index contributed by atoms with van der Waals surface area (Å²) in [7, 11) is 0. The molecule has 0 saturated heterocycles.